The Morgan fingerprint density at radius 1 is 0.805 bits per heavy atom. The monoisotopic (exact) mass is 550 g/mol. The van der Waals surface area contributed by atoms with E-state index in [-0.39, 0.29) is 11.8 Å². The highest BCUT2D eigenvalue weighted by molar-refractivity contribution is 5.52. The summed E-state index contributed by atoms with van der Waals surface area (Å²) < 4.78 is 18.2. The second kappa shape index (κ2) is 13.7. The van der Waals surface area contributed by atoms with Crippen LogP contribution in [0.5, 0.6) is 17.2 Å². The van der Waals surface area contributed by atoms with E-state index < -0.39 is 5.60 Å². The Bertz CT molecular complexity index is 1360. The van der Waals surface area contributed by atoms with Crippen molar-refractivity contribution in [3.63, 3.8) is 0 Å². The molecule has 1 aliphatic rings. The van der Waals surface area contributed by atoms with Crippen LogP contribution >= 0.6 is 0 Å². The normalized spacial score (nSPS) is 17.3. The summed E-state index contributed by atoms with van der Waals surface area (Å²) in [6.45, 7) is 7.10. The molecular weight excluding hydrogens is 508 g/mol. The molecule has 1 aliphatic heterocycles. The Balaban J connectivity index is 1.18. The third-order valence-corrected chi connectivity index (χ3v) is 7.96. The number of unbranched alkanes of at least 4 members (excludes halogenated alkanes) is 2. The van der Waals surface area contributed by atoms with Gasteiger partial charge in [-0.15, -0.1) is 0 Å². The van der Waals surface area contributed by atoms with E-state index in [9.17, 15) is 0 Å². The first-order valence-electron chi connectivity index (χ1n) is 14.8. The molecule has 0 spiro atoms. The van der Waals surface area contributed by atoms with Crippen LogP contribution in [0.4, 0.5) is 0 Å². The molecule has 5 nitrogen and oxygen atoms in total. The molecule has 2 atom stereocenters. The van der Waals surface area contributed by atoms with Crippen LogP contribution in [-0.4, -0.2) is 37.4 Å². The van der Waals surface area contributed by atoms with E-state index in [0.29, 0.717) is 0 Å². The molecule has 41 heavy (non-hydrogen) atoms. The molecule has 214 valence electrons. The van der Waals surface area contributed by atoms with E-state index in [2.05, 4.69) is 90.9 Å². The largest absolute Gasteiger partial charge is 0.497 e. The molecule has 1 unspecified atom stereocenters. The summed E-state index contributed by atoms with van der Waals surface area (Å²) in [7, 11) is 1.70. The predicted octanol–water partition coefficient (Wildman–Crippen LogP) is 7.56. The highest BCUT2D eigenvalue weighted by atomic mass is 16.5. The fraction of sp³-hybridized carbons (Fsp3) is 0.361. The van der Waals surface area contributed by atoms with Crippen LogP contribution in [0.1, 0.15) is 67.3 Å². The number of hydrogen-bond acceptors (Lipinski definition) is 5. The van der Waals surface area contributed by atoms with Gasteiger partial charge in [0.2, 0.25) is 0 Å². The lowest BCUT2D eigenvalue weighted by Gasteiger charge is -2.45. The standard InChI is InChI=1S/C36H42N2O3/c1-36(2)35(28-12-6-4-7-13-28)34(32-20-19-31(39-3)26-33(32)41-36)27-15-17-30(18-16-27)40-25-11-5-9-22-37-24-21-29-14-8-10-23-38-29/h4,6-8,10,12-20,23,26,34-35,37H,5,9,11,21-22,24-25H2,1-3H3/t34?,35-/m0/s1. The van der Waals surface area contributed by atoms with Crippen LogP contribution in [0.25, 0.3) is 0 Å². The van der Waals surface area contributed by atoms with E-state index >= 15 is 0 Å². The molecule has 2 heterocycles. The van der Waals surface area contributed by atoms with Gasteiger partial charge in [0.15, 0.2) is 0 Å². The third kappa shape index (κ3) is 7.28. The number of ether oxygens (including phenoxy) is 3. The maximum atomic E-state index is 6.62. The zero-order valence-corrected chi connectivity index (χ0v) is 24.5. The molecule has 3 aromatic carbocycles. The third-order valence-electron chi connectivity index (χ3n) is 7.96. The van der Waals surface area contributed by atoms with Crippen LogP contribution in [0.3, 0.4) is 0 Å². The van der Waals surface area contributed by atoms with Crippen molar-refractivity contribution in [2.45, 2.75) is 57.0 Å². The lowest BCUT2D eigenvalue weighted by Crippen LogP contribution is -2.43. The fourth-order valence-electron chi connectivity index (χ4n) is 5.92. The molecule has 0 amide bonds. The number of pyridine rings is 1. The Hall–Kier alpha value is -3.83. The first kappa shape index (κ1) is 28.7. The van der Waals surface area contributed by atoms with E-state index in [1.807, 2.05) is 30.5 Å². The van der Waals surface area contributed by atoms with E-state index in [4.69, 9.17) is 14.2 Å². The second-order valence-electron chi connectivity index (χ2n) is 11.3. The lowest BCUT2D eigenvalue weighted by molar-refractivity contribution is 0.0528. The average Bonchev–Trinajstić information content (AvgIpc) is 3.00. The van der Waals surface area contributed by atoms with Crippen molar-refractivity contribution in [1.29, 1.82) is 0 Å². The summed E-state index contributed by atoms with van der Waals surface area (Å²) in [6.07, 6.45) is 6.16. The zero-order valence-electron chi connectivity index (χ0n) is 24.5. The summed E-state index contributed by atoms with van der Waals surface area (Å²) in [6, 6.07) is 31.7. The lowest BCUT2D eigenvalue weighted by atomic mass is 9.68. The number of rotatable bonds is 13. The summed E-state index contributed by atoms with van der Waals surface area (Å²) in [5, 5.41) is 3.52. The summed E-state index contributed by atoms with van der Waals surface area (Å²) >= 11 is 0. The molecular formula is C36H42N2O3. The summed E-state index contributed by atoms with van der Waals surface area (Å²) in [5.74, 6) is 2.90. The van der Waals surface area contributed by atoms with Crippen LogP contribution in [0, 0.1) is 0 Å². The van der Waals surface area contributed by atoms with Gasteiger partial charge in [-0.2, -0.15) is 0 Å². The predicted molar refractivity (Wildman–Crippen MR) is 165 cm³/mol. The minimum absolute atomic E-state index is 0.140. The Kier molecular flexibility index (Phi) is 9.58. The quantitative estimate of drug-likeness (QED) is 0.174. The summed E-state index contributed by atoms with van der Waals surface area (Å²) in [5.41, 5.74) is 4.44. The Labute approximate surface area is 244 Å². The number of fused-ring (bicyclic) bond motifs is 1. The number of nitrogens with zero attached hydrogens (tertiary/aromatic N) is 1. The van der Waals surface area contributed by atoms with Crippen LogP contribution in [0.15, 0.2) is 97.2 Å². The Morgan fingerprint density at radius 3 is 2.34 bits per heavy atom. The molecule has 0 saturated carbocycles. The summed E-state index contributed by atoms with van der Waals surface area (Å²) in [4.78, 5) is 4.37. The van der Waals surface area contributed by atoms with Crippen molar-refractivity contribution >= 4 is 0 Å². The van der Waals surface area contributed by atoms with Gasteiger partial charge in [-0.3, -0.25) is 4.98 Å². The average molecular weight is 551 g/mol. The van der Waals surface area contributed by atoms with Gasteiger partial charge < -0.3 is 19.5 Å². The van der Waals surface area contributed by atoms with Gasteiger partial charge in [0.25, 0.3) is 0 Å². The highest BCUT2D eigenvalue weighted by Crippen LogP contribution is 2.53. The van der Waals surface area contributed by atoms with E-state index in [1.54, 1.807) is 7.11 Å². The first-order chi connectivity index (χ1) is 20.0. The molecule has 0 saturated heterocycles. The van der Waals surface area contributed by atoms with Gasteiger partial charge in [-0.25, -0.2) is 0 Å². The molecule has 0 fully saturated rings. The molecule has 0 radical (unpaired) electrons. The second-order valence-corrected chi connectivity index (χ2v) is 11.3. The maximum Gasteiger partial charge on any atom is 0.127 e. The van der Waals surface area contributed by atoms with Crippen molar-refractivity contribution < 1.29 is 14.2 Å². The number of benzene rings is 3. The highest BCUT2D eigenvalue weighted by Gasteiger charge is 2.45. The van der Waals surface area contributed by atoms with Gasteiger partial charge in [0, 0.05) is 48.3 Å². The zero-order chi connectivity index (χ0) is 28.5. The minimum atomic E-state index is -0.409. The van der Waals surface area contributed by atoms with Crippen LogP contribution < -0.4 is 19.5 Å². The SMILES string of the molecule is COc1ccc2c(c1)OC(C)(C)[C@@H](c1ccccc1)C2c1ccc(OCCCCCNCCc2ccccn2)cc1. The van der Waals surface area contributed by atoms with Gasteiger partial charge >= 0.3 is 0 Å². The molecule has 4 aromatic rings. The molecule has 0 bridgehead atoms. The molecule has 0 aliphatic carbocycles. The number of hydrogen-bond donors (Lipinski definition) is 1. The maximum absolute atomic E-state index is 6.62. The number of nitrogens with one attached hydrogen (secondary N) is 1. The topological polar surface area (TPSA) is 52.6 Å². The van der Waals surface area contributed by atoms with Crippen molar-refractivity contribution in [3.8, 4) is 17.2 Å². The van der Waals surface area contributed by atoms with Crippen molar-refractivity contribution in [2.24, 2.45) is 0 Å². The minimum Gasteiger partial charge on any atom is -0.497 e. The first-order valence-corrected chi connectivity index (χ1v) is 14.8. The van der Waals surface area contributed by atoms with Crippen molar-refractivity contribution in [3.05, 3.63) is 120 Å². The molecule has 5 rings (SSSR count). The molecule has 1 N–H and O–H groups in total. The number of methoxy groups -OCH3 is 1. The Morgan fingerprint density at radius 2 is 1.59 bits per heavy atom. The van der Waals surface area contributed by atoms with Crippen LogP contribution in [-0.2, 0) is 6.42 Å². The molecule has 5 heteroatoms. The number of aromatic nitrogens is 1. The fourth-order valence-corrected chi connectivity index (χ4v) is 5.92. The van der Waals surface area contributed by atoms with Gasteiger partial charge in [-0.1, -0.05) is 54.6 Å². The van der Waals surface area contributed by atoms with Crippen molar-refractivity contribution in [2.75, 3.05) is 26.8 Å². The van der Waals surface area contributed by atoms with E-state index in [1.165, 1.54) is 16.7 Å². The molecule has 1 aromatic heterocycles. The van der Waals surface area contributed by atoms with Gasteiger partial charge in [0.05, 0.1) is 13.7 Å². The van der Waals surface area contributed by atoms with Gasteiger partial charge in [0.1, 0.15) is 22.8 Å². The van der Waals surface area contributed by atoms with Crippen LogP contribution in [0.2, 0.25) is 0 Å². The van der Waals surface area contributed by atoms with E-state index in [0.717, 1.165) is 68.3 Å². The smallest absolute Gasteiger partial charge is 0.127 e. The van der Waals surface area contributed by atoms with Gasteiger partial charge in [-0.05, 0) is 81.1 Å². The van der Waals surface area contributed by atoms with Crippen molar-refractivity contribution in [1.82, 2.24) is 10.3 Å².